The number of rotatable bonds is 10. The molecule has 31 heavy (non-hydrogen) atoms. The summed E-state index contributed by atoms with van der Waals surface area (Å²) in [4.78, 5) is 11.3. The van der Waals surface area contributed by atoms with Gasteiger partial charge >= 0.3 is 5.69 Å². The molecule has 0 heterocycles. The summed E-state index contributed by atoms with van der Waals surface area (Å²) >= 11 is 0. The van der Waals surface area contributed by atoms with Crippen LogP contribution >= 0.6 is 0 Å². The van der Waals surface area contributed by atoms with E-state index in [2.05, 4.69) is 24.3 Å². The number of ether oxygens (including phenoxy) is 3. The van der Waals surface area contributed by atoms with E-state index in [0.717, 1.165) is 0 Å². The summed E-state index contributed by atoms with van der Waals surface area (Å²) in [7, 11) is 3.11. The minimum absolute atomic E-state index is 0.0229. The van der Waals surface area contributed by atoms with E-state index in [1.165, 1.54) is 32.5 Å². The molecule has 0 aliphatic carbocycles. The van der Waals surface area contributed by atoms with Crippen molar-refractivity contribution in [2.75, 3.05) is 21.3 Å². The monoisotopic (exact) mass is 439 g/mol. The van der Waals surface area contributed by atoms with Crippen LogP contribution in [-0.2, 0) is 11.0 Å². The lowest BCUT2D eigenvalue weighted by Crippen LogP contribution is -2.14. The summed E-state index contributed by atoms with van der Waals surface area (Å²) in [5, 5.41) is 11.8. The summed E-state index contributed by atoms with van der Waals surface area (Å²) in [5.41, 5.74) is 2.67. The molecule has 0 aliphatic heterocycles. The first-order valence-corrected chi connectivity index (χ1v) is 11.1. The molecule has 0 unspecified atom stereocenters. The van der Waals surface area contributed by atoms with Crippen molar-refractivity contribution in [1.29, 1.82) is 0 Å². The van der Waals surface area contributed by atoms with E-state index < -0.39 is 14.7 Å². The zero-order chi connectivity index (χ0) is 22.2. The van der Waals surface area contributed by atoms with Crippen molar-refractivity contribution >= 4 is 15.5 Å². The summed E-state index contributed by atoms with van der Waals surface area (Å²) in [6, 6.07) is 21.9. The van der Waals surface area contributed by atoms with Gasteiger partial charge in [-0.1, -0.05) is 60.7 Å². The Morgan fingerprint density at radius 1 is 0.871 bits per heavy atom. The highest BCUT2D eigenvalue weighted by Gasteiger charge is 2.29. The Balaban J connectivity index is 1.89. The van der Waals surface area contributed by atoms with Gasteiger partial charge in [-0.25, -0.2) is 0 Å². The van der Waals surface area contributed by atoms with Crippen LogP contribution in [0.5, 0.6) is 17.2 Å². The number of hydrogen-bond donors (Lipinski definition) is 0. The minimum atomic E-state index is -1.14. The van der Waals surface area contributed by atoms with Gasteiger partial charge in [0.05, 0.1) is 38.4 Å². The Labute approximate surface area is 183 Å². The van der Waals surface area contributed by atoms with Crippen molar-refractivity contribution in [2.45, 2.75) is 12.1 Å². The van der Waals surface area contributed by atoms with E-state index in [0.29, 0.717) is 11.3 Å². The number of benzene rings is 3. The number of methoxy groups -OCH3 is 3. The lowest BCUT2D eigenvalue weighted by Gasteiger charge is -2.19. The van der Waals surface area contributed by atoms with E-state index in [1.807, 2.05) is 36.4 Å². The lowest BCUT2D eigenvalue weighted by molar-refractivity contribution is -0.386. The maximum atomic E-state index is 11.8. The molecular weight excluding hydrogens is 414 g/mol. The molecule has 3 rings (SSSR count). The Kier molecular flexibility index (Phi) is 7.63. The molecule has 0 saturated carbocycles. The van der Waals surface area contributed by atoms with Gasteiger partial charge < -0.3 is 18.6 Å². The minimum Gasteiger partial charge on any atom is -0.493 e. The maximum absolute atomic E-state index is 11.8. The zero-order valence-electron chi connectivity index (χ0n) is 17.7. The Morgan fingerprint density at radius 2 is 1.42 bits per heavy atom. The lowest BCUT2D eigenvalue weighted by atomic mass is 10.0. The van der Waals surface area contributed by atoms with E-state index in [-0.39, 0.29) is 29.3 Å². The molecule has 0 N–H and O–H groups in total. The molecule has 3 aromatic rings. The standard InChI is InChI=1S/C23H25NO6Si/c1-27-19-14-18(20(24(25)26)22(29-3)21(19)28-2)15-30-31-23(16-10-6-4-7-11-16)17-12-8-5-9-13-17/h4-14,23H,15,31H2,1-3H3. The fourth-order valence-electron chi connectivity index (χ4n) is 3.54. The van der Waals surface area contributed by atoms with Gasteiger partial charge in [0.1, 0.15) is 0 Å². The molecule has 0 aliphatic rings. The number of nitro groups is 1. The fraction of sp³-hybridized carbons (Fsp3) is 0.217. The van der Waals surface area contributed by atoms with Crippen LogP contribution in [-0.4, -0.2) is 36.0 Å². The molecule has 0 spiro atoms. The van der Waals surface area contributed by atoms with Crippen molar-refractivity contribution in [2.24, 2.45) is 0 Å². The molecule has 0 saturated heterocycles. The fourth-order valence-corrected chi connectivity index (χ4v) is 5.05. The Hall–Kier alpha value is -3.36. The summed E-state index contributed by atoms with van der Waals surface area (Å²) in [5.74, 6) is 0.562. The number of nitro benzene ring substituents is 1. The zero-order valence-corrected chi connectivity index (χ0v) is 19.2. The quantitative estimate of drug-likeness (QED) is 0.270. The van der Waals surface area contributed by atoms with Gasteiger partial charge in [-0.3, -0.25) is 10.1 Å². The van der Waals surface area contributed by atoms with Gasteiger partial charge in [-0.15, -0.1) is 0 Å². The molecule has 0 fully saturated rings. The molecule has 0 bridgehead atoms. The Bertz CT molecular complexity index is 974. The molecule has 0 atom stereocenters. The Morgan fingerprint density at radius 3 is 1.87 bits per heavy atom. The SMILES string of the molecule is COc1cc(CO[SiH2]C(c2ccccc2)c2ccccc2)c([N+](=O)[O-])c(OC)c1OC. The normalized spacial score (nSPS) is 11.1. The average molecular weight is 440 g/mol. The molecule has 7 nitrogen and oxygen atoms in total. The van der Waals surface area contributed by atoms with Gasteiger partial charge in [-0.05, 0) is 17.2 Å². The van der Waals surface area contributed by atoms with E-state index in [9.17, 15) is 10.1 Å². The number of nitrogens with zero attached hydrogens (tertiary/aromatic N) is 1. The van der Waals surface area contributed by atoms with Crippen LogP contribution in [0, 0.1) is 10.1 Å². The molecule has 0 aromatic heterocycles. The van der Waals surface area contributed by atoms with Crippen molar-refractivity contribution in [3.63, 3.8) is 0 Å². The molecular formula is C23H25NO6Si. The predicted molar refractivity (Wildman–Crippen MR) is 121 cm³/mol. The van der Waals surface area contributed by atoms with Crippen molar-refractivity contribution in [3.05, 3.63) is 93.5 Å². The highest BCUT2D eigenvalue weighted by atomic mass is 28.2. The highest BCUT2D eigenvalue weighted by Crippen LogP contribution is 2.46. The summed E-state index contributed by atoms with van der Waals surface area (Å²) in [6.07, 6.45) is 0. The topological polar surface area (TPSA) is 80.1 Å². The third-order valence-corrected chi connectivity index (χ3v) is 6.73. The van der Waals surface area contributed by atoms with Gasteiger partial charge in [0, 0.05) is 5.54 Å². The first-order chi connectivity index (χ1) is 15.1. The van der Waals surface area contributed by atoms with Crippen molar-refractivity contribution in [1.82, 2.24) is 0 Å². The second-order valence-electron chi connectivity index (χ2n) is 6.80. The second-order valence-corrected chi connectivity index (χ2v) is 8.36. The summed E-state index contributed by atoms with van der Waals surface area (Å²) in [6.45, 7) is 0.0788. The first kappa shape index (κ1) is 22.3. The van der Waals surface area contributed by atoms with Crippen LogP contribution in [0.4, 0.5) is 5.69 Å². The average Bonchev–Trinajstić information content (AvgIpc) is 2.81. The maximum Gasteiger partial charge on any atom is 0.320 e. The van der Waals surface area contributed by atoms with Crippen LogP contribution < -0.4 is 14.2 Å². The second kappa shape index (κ2) is 10.6. The largest absolute Gasteiger partial charge is 0.493 e. The van der Waals surface area contributed by atoms with E-state index >= 15 is 0 Å². The first-order valence-electron chi connectivity index (χ1n) is 9.74. The molecule has 0 amide bonds. The highest BCUT2D eigenvalue weighted by molar-refractivity contribution is 6.31. The van der Waals surface area contributed by atoms with Crippen LogP contribution in [0.3, 0.4) is 0 Å². The van der Waals surface area contributed by atoms with E-state index in [4.69, 9.17) is 18.6 Å². The summed E-state index contributed by atoms with van der Waals surface area (Å²) < 4.78 is 22.0. The van der Waals surface area contributed by atoms with Gasteiger partial charge in [0.25, 0.3) is 0 Å². The molecule has 162 valence electrons. The van der Waals surface area contributed by atoms with Crippen molar-refractivity contribution < 1.29 is 23.6 Å². The smallest absolute Gasteiger partial charge is 0.320 e. The molecule has 3 aromatic carbocycles. The van der Waals surface area contributed by atoms with Gasteiger partial charge in [0.2, 0.25) is 11.5 Å². The van der Waals surface area contributed by atoms with Crippen LogP contribution in [0.1, 0.15) is 22.2 Å². The van der Waals surface area contributed by atoms with Crippen molar-refractivity contribution in [3.8, 4) is 17.2 Å². The molecule has 0 radical (unpaired) electrons. The third-order valence-electron chi connectivity index (χ3n) is 5.01. The van der Waals surface area contributed by atoms with Crippen LogP contribution in [0.15, 0.2) is 66.7 Å². The van der Waals surface area contributed by atoms with Gasteiger partial charge in [-0.2, -0.15) is 0 Å². The van der Waals surface area contributed by atoms with E-state index in [1.54, 1.807) is 6.07 Å². The third kappa shape index (κ3) is 5.04. The van der Waals surface area contributed by atoms with Crippen LogP contribution in [0.2, 0.25) is 0 Å². The van der Waals surface area contributed by atoms with Crippen LogP contribution in [0.25, 0.3) is 0 Å². The van der Waals surface area contributed by atoms with Gasteiger partial charge in [0.15, 0.2) is 15.5 Å². The predicted octanol–water partition coefficient (Wildman–Crippen LogP) is 4.01. The molecule has 8 heteroatoms. The number of hydrogen-bond acceptors (Lipinski definition) is 6.